The maximum absolute atomic E-state index is 12.9. The fourth-order valence-electron chi connectivity index (χ4n) is 3.36. The quantitative estimate of drug-likeness (QED) is 0.632. The molecule has 9 heteroatoms. The summed E-state index contributed by atoms with van der Waals surface area (Å²) in [5, 5.41) is 8.13. The lowest BCUT2D eigenvalue weighted by Gasteiger charge is -2.26. The zero-order chi connectivity index (χ0) is 22.4. The van der Waals surface area contributed by atoms with E-state index in [2.05, 4.69) is 16.0 Å². The Morgan fingerprint density at radius 2 is 1.55 bits per heavy atom. The second-order valence-electron chi connectivity index (χ2n) is 7.78. The van der Waals surface area contributed by atoms with Crippen molar-refractivity contribution in [1.82, 2.24) is 9.62 Å². The van der Waals surface area contributed by atoms with Crippen LogP contribution in [0.1, 0.15) is 43.5 Å². The van der Waals surface area contributed by atoms with Crippen LogP contribution in [0.2, 0.25) is 0 Å². The maximum Gasteiger partial charge on any atom is 0.319 e. The maximum atomic E-state index is 12.9. The lowest BCUT2D eigenvalue weighted by atomic mass is 10.2. The van der Waals surface area contributed by atoms with E-state index in [1.54, 1.807) is 36.4 Å². The Labute approximate surface area is 183 Å². The third-order valence-electron chi connectivity index (χ3n) is 4.85. The fourth-order valence-corrected chi connectivity index (χ4v) is 4.92. The highest BCUT2D eigenvalue weighted by Crippen LogP contribution is 2.23. The minimum Gasteiger partial charge on any atom is -0.336 e. The Hall–Kier alpha value is -2.91. The summed E-state index contributed by atoms with van der Waals surface area (Å²) in [6, 6.07) is 12.4. The van der Waals surface area contributed by atoms with Crippen molar-refractivity contribution >= 4 is 33.3 Å². The smallest absolute Gasteiger partial charge is 0.319 e. The molecule has 3 rings (SSSR count). The minimum absolute atomic E-state index is 0.0139. The van der Waals surface area contributed by atoms with Crippen molar-refractivity contribution in [2.75, 3.05) is 23.7 Å². The van der Waals surface area contributed by atoms with Crippen molar-refractivity contribution in [2.24, 2.45) is 0 Å². The van der Waals surface area contributed by atoms with Gasteiger partial charge in [0.05, 0.1) is 4.90 Å². The summed E-state index contributed by atoms with van der Waals surface area (Å²) in [6.07, 6.45) is 2.75. The molecule has 0 saturated carbocycles. The van der Waals surface area contributed by atoms with Gasteiger partial charge in [-0.1, -0.05) is 18.6 Å². The number of carbonyl (C=O) groups is 2. The molecule has 3 amide bonds. The number of nitrogens with one attached hydrogen (secondary N) is 3. The summed E-state index contributed by atoms with van der Waals surface area (Å²) >= 11 is 0. The van der Waals surface area contributed by atoms with E-state index in [4.69, 9.17) is 0 Å². The minimum atomic E-state index is -3.59. The predicted molar refractivity (Wildman–Crippen MR) is 121 cm³/mol. The van der Waals surface area contributed by atoms with Crippen molar-refractivity contribution < 1.29 is 18.0 Å². The first-order chi connectivity index (χ1) is 14.8. The van der Waals surface area contributed by atoms with Crippen LogP contribution in [0.15, 0.2) is 53.4 Å². The van der Waals surface area contributed by atoms with E-state index in [9.17, 15) is 18.0 Å². The predicted octanol–water partition coefficient (Wildman–Crippen LogP) is 3.64. The molecule has 1 heterocycles. The van der Waals surface area contributed by atoms with Crippen LogP contribution in [0.5, 0.6) is 0 Å². The van der Waals surface area contributed by atoms with Crippen LogP contribution >= 0.6 is 0 Å². The van der Waals surface area contributed by atoms with Crippen LogP contribution in [-0.4, -0.2) is 43.8 Å². The number of amides is 3. The molecule has 0 aliphatic carbocycles. The number of sulfonamides is 1. The molecule has 166 valence electrons. The SMILES string of the molecule is CC(C)NC(=O)Nc1cccc(C(=O)Nc2cccc(S(=O)(=O)N3CCCCC3)c2)c1. The number of carbonyl (C=O) groups excluding carboxylic acids is 2. The summed E-state index contributed by atoms with van der Waals surface area (Å²) in [5.41, 5.74) is 1.21. The summed E-state index contributed by atoms with van der Waals surface area (Å²) in [4.78, 5) is 24.7. The number of hydrogen-bond acceptors (Lipinski definition) is 4. The van der Waals surface area contributed by atoms with Gasteiger partial charge in [0.2, 0.25) is 10.0 Å². The van der Waals surface area contributed by atoms with Crippen LogP contribution in [-0.2, 0) is 10.0 Å². The Morgan fingerprint density at radius 3 is 2.23 bits per heavy atom. The Bertz CT molecular complexity index is 1050. The van der Waals surface area contributed by atoms with E-state index >= 15 is 0 Å². The van der Waals surface area contributed by atoms with Crippen LogP contribution in [0.3, 0.4) is 0 Å². The molecular formula is C22H28N4O4S. The molecule has 0 unspecified atom stereocenters. The fraction of sp³-hybridized carbons (Fsp3) is 0.364. The lowest BCUT2D eigenvalue weighted by molar-refractivity contribution is 0.102. The molecule has 1 aliphatic heterocycles. The molecule has 0 bridgehead atoms. The molecule has 1 aliphatic rings. The number of urea groups is 1. The van der Waals surface area contributed by atoms with Gasteiger partial charge in [-0.3, -0.25) is 4.79 Å². The average molecular weight is 445 g/mol. The number of hydrogen-bond donors (Lipinski definition) is 3. The van der Waals surface area contributed by atoms with Crippen molar-refractivity contribution in [1.29, 1.82) is 0 Å². The molecule has 0 radical (unpaired) electrons. The van der Waals surface area contributed by atoms with Gasteiger partial charge in [0.15, 0.2) is 0 Å². The zero-order valence-corrected chi connectivity index (χ0v) is 18.5. The molecule has 0 atom stereocenters. The number of benzene rings is 2. The molecule has 0 spiro atoms. The van der Waals surface area contributed by atoms with Gasteiger partial charge in [-0.05, 0) is 63.1 Å². The third kappa shape index (κ3) is 6.05. The molecule has 1 fully saturated rings. The van der Waals surface area contributed by atoms with E-state index in [-0.39, 0.29) is 17.0 Å². The van der Waals surface area contributed by atoms with Crippen molar-refractivity contribution in [2.45, 2.75) is 44.0 Å². The molecule has 8 nitrogen and oxygen atoms in total. The molecule has 2 aromatic rings. The highest BCUT2D eigenvalue weighted by molar-refractivity contribution is 7.89. The van der Waals surface area contributed by atoms with Gasteiger partial charge in [0, 0.05) is 36.1 Å². The standard InChI is InChI=1S/C22H28N4O4S/c1-16(2)23-22(28)25-18-9-6-8-17(14-18)21(27)24-19-10-7-11-20(15-19)31(29,30)26-12-4-3-5-13-26/h6-11,14-16H,3-5,12-13H2,1-2H3,(H,24,27)(H2,23,25,28). The van der Waals surface area contributed by atoms with Gasteiger partial charge in [-0.15, -0.1) is 0 Å². The van der Waals surface area contributed by atoms with E-state index in [1.807, 2.05) is 13.8 Å². The second kappa shape index (κ2) is 9.93. The molecule has 0 aromatic heterocycles. The number of anilines is 2. The Kier molecular flexibility index (Phi) is 7.29. The Balaban J connectivity index is 1.72. The van der Waals surface area contributed by atoms with Crippen molar-refractivity contribution in [3.8, 4) is 0 Å². The van der Waals surface area contributed by atoms with Crippen LogP contribution < -0.4 is 16.0 Å². The van der Waals surface area contributed by atoms with Gasteiger partial charge in [0.1, 0.15) is 0 Å². The summed E-state index contributed by atoms with van der Waals surface area (Å²) in [6.45, 7) is 4.73. The van der Waals surface area contributed by atoms with E-state index in [0.717, 1.165) is 19.3 Å². The zero-order valence-electron chi connectivity index (χ0n) is 17.7. The first-order valence-corrected chi connectivity index (χ1v) is 11.8. The van der Waals surface area contributed by atoms with Crippen LogP contribution in [0.4, 0.5) is 16.2 Å². The monoisotopic (exact) mass is 444 g/mol. The average Bonchev–Trinajstić information content (AvgIpc) is 2.74. The van der Waals surface area contributed by atoms with Crippen molar-refractivity contribution in [3.05, 3.63) is 54.1 Å². The van der Waals surface area contributed by atoms with E-state index < -0.39 is 15.9 Å². The summed E-state index contributed by atoms with van der Waals surface area (Å²) in [7, 11) is -3.59. The van der Waals surface area contributed by atoms with Crippen molar-refractivity contribution in [3.63, 3.8) is 0 Å². The van der Waals surface area contributed by atoms with Gasteiger partial charge in [-0.25, -0.2) is 13.2 Å². The van der Waals surface area contributed by atoms with Gasteiger partial charge >= 0.3 is 6.03 Å². The summed E-state index contributed by atoms with van der Waals surface area (Å²) < 4.78 is 27.3. The molecule has 2 aromatic carbocycles. The molecule has 3 N–H and O–H groups in total. The first kappa shape index (κ1) is 22.8. The first-order valence-electron chi connectivity index (χ1n) is 10.3. The number of nitrogens with zero attached hydrogens (tertiary/aromatic N) is 1. The van der Waals surface area contributed by atoms with E-state index in [1.165, 1.54) is 16.4 Å². The highest BCUT2D eigenvalue weighted by Gasteiger charge is 2.26. The van der Waals surface area contributed by atoms with Gasteiger partial charge in [0.25, 0.3) is 5.91 Å². The largest absolute Gasteiger partial charge is 0.336 e. The van der Waals surface area contributed by atoms with Crippen LogP contribution in [0.25, 0.3) is 0 Å². The van der Waals surface area contributed by atoms with E-state index in [0.29, 0.717) is 30.0 Å². The number of rotatable bonds is 6. The highest BCUT2D eigenvalue weighted by atomic mass is 32.2. The Morgan fingerprint density at radius 1 is 0.903 bits per heavy atom. The van der Waals surface area contributed by atoms with Gasteiger partial charge in [-0.2, -0.15) is 4.31 Å². The summed E-state index contributed by atoms with van der Waals surface area (Å²) in [5.74, 6) is -0.402. The number of piperidine rings is 1. The molecule has 1 saturated heterocycles. The van der Waals surface area contributed by atoms with Gasteiger partial charge < -0.3 is 16.0 Å². The third-order valence-corrected chi connectivity index (χ3v) is 6.74. The second-order valence-corrected chi connectivity index (χ2v) is 9.72. The topological polar surface area (TPSA) is 108 Å². The normalized spacial score (nSPS) is 14.8. The molecular weight excluding hydrogens is 416 g/mol. The lowest BCUT2D eigenvalue weighted by Crippen LogP contribution is -2.35. The molecule has 31 heavy (non-hydrogen) atoms. The van der Waals surface area contributed by atoms with Crippen LogP contribution in [0, 0.1) is 0 Å².